The topological polar surface area (TPSA) is 51.9 Å². The van der Waals surface area contributed by atoms with Crippen molar-refractivity contribution in [3.05, 3.63) is 57.5 Å². The molecule has 0 aromatic carbocycles. The molecule has 132 valence electrons. The normalized spacial score (nSPS) is 11.1. The number of rotatable bonds is 5. The highest BCUT2D eigenvalue weighted by Crippen LogP contribution is 2.25. The molecule has 0 saturated carbocycles. The van der Waals surface area contributed by atoms with Gasteiger partial charge in [0.15, 0.2) is 0 Å². The maximum Gasteiger partial charge on any atom is 0.254 e. The zero-order valence-corrected chi connectivity index (χ0v) is 16.2. The van der Waals surface area contributed by atoms with Gasteiger partial charge in [-0.25, -0.2) is 0 Å². The zero-order valence-electron chi connectivity index (χ0n) is 15.4. The molecule has 5 nitrogen and oxygen atoms in total. The third kappa shape index (κ3) is 3.26. The minimum atomic E-state index is -0.0250. The molecule has 0 fully saturated rings. The van der Waals surface area contributed by atoms with Crippen LogP contribution in [0.4, 0.5) is 0 Å². The monoisotopic (exact) mass is 356 g/mol. The Morgan fingerprint density at radius 3 is 2.44 bits per heavy atom. The molecule has 3 aromatic rings. The first kappa shape index (κ1) is 17.5. The van der Waals surface area contributed by atoms with Gasteiger partial charge in [0.25, 0.3) is 5.91 Å². The summed E-state index contributed by atoms with van der Waals surface area (Å²) in [6.45, 7) is 8.79. The lowest BCUT2D eigenvalue weighted by Gasteiger charge is -2.11. The van der Waals surface area contributed by atoms with Crippen LogP contribution in [-0.4, -0.2) is 26.8 Å². The molecule has 1 N–H and O–H groups in total. The van der Waals surface area contributed by atoms with Gasteiger partial charge in [-0.15, -0.1) is 11.3 Å². The minimum absolute atomic E-state index is 0.0250. The lowest BCUT2D eigenvalue weighted by atomic mass is 10.1. The predicted molar refractivity (Wildman–Crippen MR) is 102 cm³/mol. The van der Waals surface area contributed by atoms with E-state index in [0.717, 1.165) is 39.8 Å². The Bertz CT molecular complexity index is 897. The summed E-state index contributed by atoms with van der Waals surface area (Å²) in [4.78, 5) is 12.7. The second kappa shape index (κ2) is 6.88. The molecular weight excluding hydrogens is 332 g/mol. The first-order chi connectivity index (χ1) is 11.9. The number of nitrogens with one attached hydrogen (secondary N) is 1. The number of amides is 1. The molecule has 0 bridgehead atoms. The summed E-state index contributed by atoms with van der Waals surface area (Å²) in [7, 11) is 1.95. The molecule has 1 amide bonds. The highest BCUT2D eigenvalue weighted by Gasteiger charge is 2.17. The summed E-state index contributed by atoms with van der Waals surface area (Å²) in [6.07, 6.45) is 0.790. The quantitative estimate of drug-likeness (QED) is 0.761. The van der Waals surface area contributed by atoms with Crippen molar-refractivity contribution < 1.29 is 4.79 Å². The largest absolute Gasteiger partial charge is 0.352 e. The van der Waals surface area contributed by atoms with E-state index < -0.39 is 0 Å². The smallest absolute Gasteiger partial charge is 0.254 e. The molecule has 0 aliphatic rings. The Morgan fingerprint density at radius 1 is 1.16 bits per heavy atom. The van der Waals surface area contributed by atoms with E-state index in [9.17, 15) is 4.79 Å². The van der Waals surface area contributed by atoms with Gasteiger partial charge in [-0.3, -0.25) is 9.48 Å². The number of thiophene rings is 1. The van der Waals surface area contributed by atoms with E-state index in [0.29, 0.717) is 6.54 Å². The van der Waals surface area contributed by atoms with E-state index >= 15 is 0 Å². The predicted octanol–water partition coefficient (Wildman–Crippen LogP) is 3.48. The van der Waals surface area contributed by atoms with E-state index in [1.54, 1.807) is 11.3 Å². The van der Waals surface area contributed by atoms with Crippen LogP contribution in [0, 0.1) is 27.7 Å². The average Bonchev–Trinajstić information content (AvgIpc) is 3.22. The molecule has 0 saturated heterocycles. The van der Waals surface area contributed by atoms with Crippen molar-refractivity contribution in [2.24, 2.45) is 7.05 Å². The Morgan fingerprint density at radius 2 is 1.84 bits per heavy atom. The van der Waals surface area contributed by atoms with Gasteiger partial charge in [0, 0.05) is 30.7 Å². The summed E-state index contributed by atoms with van der Waals surface area (Å²) in [5, 5.41) is 10.4. The van der Waals surface area contributed by atoms with Gasteiger partial charge in [0.05, 0.1) is 11.3 Å². The fourth-order valence-electron chi connectivity index (χ4n) is 3.21. The molecule has 0 radical (unpaired) electrons. The van der Waals surface area contributed by atoms with Crippen molar-refractivity contribution >= 4 is 17.2 Å². The van der Waals surface area contributed by atoms with Crippen LogP contribution >= 0.6 is 11.3 Å². The fraction of sp³-hybridized carbons (Fsp3) is 0.368. The van der Waals surface area contributed by atoms with E-state index in [2.05, 4.69) is 47.9 Å². The second-order valence-corrected chi connectivity index (χ2v) is 7.26. The van der Waals surface area contributed by atoms with E-state index in [4.69, 9.17) is 0 Å². The lowest BCUT2D eigenvalue weighted by Crippen LogP contribution is -2.26. The standard InChI is InChI=1S/C19H24N4OS/c1-12-6-7-13(2)23(12)19-17(9-11-25-19)18(24)20-10-8-16-14(3)21-22(5)15(16)4/h6-7,9,11H,8,10H2,1-5H3,(H,20,24). The van der Waals surface area contributed by atoms with Crippen LogP contribution in [0.3, 0.4) is 0 Å². The molecule has 0 aliphatic heterocycles. The molecule has 3 heterocycles. The maximum atomic E-state index is 12.7. The van der Waals surface area contributed by atoms with Crippen LogP contribution in [0.15, 0.2) is 23.6 Å². The van der Waals surface area contributed by atoms with Gasteiger partial charge in [0.2, 0.25) is 0 Å². The molecule has 0 unspecified atom stereocenters. The summed E-state index contributed by atoms with van der Waals surface area (Å²) in [5.41, 5.74) is 6.40. The van der Waals surface area contributed by atoms with Crippen LogP contribution in [0.25, 0.3) is 5.00 Å². The number of nitrogens with zero attached hydrogens (tertiary/aromatic N) is 3. The van der Waals surface area contributed by atoms with Gasteiger partial charge in [-0.2, -0.15) is 5.10 Å². The summed E-state index contributed by atoms with van der Waals surface area (Å²) in [6, 6.07) is 6.05. The van der Waals surface area contributed by atoms with E-state index in [-0.39, 0.29) is 5.91 Å². The Balaban J connectivity index is 1.72. The van der Waals surface area contributed by atoms with Crippen LogP contribution < -0.4 is 5.32 Å². The maximum absolute atomic E-state index is 12.7. The molecule has 25 heavy (non-hydrogen) atoms. The number of carbonyl (C=O) groups excluding carboxylic acids is 1. The molecule has 3 rings (SSSR count). The molecule has 0 aliphatic carbocycles. The number of aryl methyl sites for hydroxylation is 4. The van der Waals surface area contributed by atoms with Crippen molar-refractivity contribution in [1.82, 2.24) is 19.7 Å². The summed E-state index contributed by atoms with van der Waals surface area (Å²) < 4.78 is 4.02. The lowest BCUT2D eigenvalue weighted by molar-refractivity contribution is 0.0954. The van der Waals surface area contributed by atoms with Crippen molar-refractivity contribution in [2.45, 2.75) is 34.1 Å². The van der Waals surface area contributed by atoms with Crippen molar-refractivity contribution in [2.75, 3.05) is 6.54 Å². The van der Waals surface area contributed by atoms with Crippen LogP contribution in [0.1, 0.15) is 38.7 Å². The molecule has 3 aromatic heterocycles. The van der Waals surface area contributed by atoms with Crippen molar-refractivity contribution in [3.63, 3.8) is 0 Å². The Hall–Kier alpha value is -2.34. The number of aromatic nitrogens is 3. The van der Waals surface area contributed by atoms with Gasteiger partial charge in [0.1, 0.15) is 5.00 Å². The van der Waals surface area contributed by atoms with E-state index in [1.807, 2.05) is 30.1 Å². The number of hydrogen-bond acceptors (Lipinski definition) is 3. The third-order valence-electron chi connectivity index (χ3n) is 4.68. The van der Waals surface area contributed by atoms with E-state index in [1.165, 1.54) is 5.56 Å². The first-order valence-corrected chi connectivity index (χ1v) is 9.28. The van der Waals surface area contributed by atoms with Crippen molar-refractivity contribution in [3.8, 4) is 5.00 Å². The third-order valence-corrected chi connectivity index (χ3v) is 5.58. The second-order valence-electron chi connectivity index (χ2n) is 6.37. The molecule has 0 spiro atoms. The summed E-state index contributed by atoms with van der Waals surface area (Å²) >= 11 is 1.59. The molecular formula is C19H24N4OS. The molecule has 0 atom stereocenters. The summed E-state index contributed by atoms with van der Waals surface area (Å²) in [5.74, 6) is -0.0250. The van der Waals surface area contributed by atoms with Crippen LogP contribution in [0.2, 0.25) is 0 Å². The van der Waals surface area contributed by atoms with Gasteiger partial charge in [-0.05, 0) is 63.3 Å². The highest BCUT2D eigenvalue weighted by atomic mass is 32.1. The zero-order chi connectivity index (χ0) is 18.1. The van der Waals surface area contributed by atoms with Gasteiger partial charge in [-0.1, -0.05) is 0 Å². The van der Waals surface area contributed by atoms with Crippen LogP contribution in [-0.2, 0) is 13.5 Å². The number of hydrogen-bond donors (Lipinski definition) is 1. The molecule has 6 heteroatoms. The Labute approximate surface area is 152 Å². The number of carbonyl (C=O) groups is 1. The van der Waals surface area contributed by atoms with Crippen molar-refractivity contribution in [1.29, 1.82) is 0 Å². The van der Waals surface area contributed by atoms with Crippen LogP contribution in [0.5, 0.6) is 0 Å². The van der Waals surface area contributed by atoms with Gasteiger partial charge >= 0.3 is 0 Å². The fourth-order valence-corrected chi connectivity index (χ4v) is 4.23. The Kier molecular flexibility index (Phi) is 4.81. The minimum Gasteiger partial charge on any atom is -0.352 e. The highest BCUT2D eigenvalue weighted by molar-refractivity contribution is 7.13. The SMILES string of the molecule is Cc1nn(C)c(C)c1CCNC(=O)c1ccsc1-n1c(C)ccc1C. The average molecular weight is 356 g/mol. The van der Waals surface area contributed by atoms with Gasteiger partial charge < -0.3 is 9.88 Å². The first-order valence-electron chi connectivity index (χ1n) is 8.40.